The molecule has 0 spiro atoms. The largest absolute Gasteiger partial charge is 0.469 e. The molecule has 0 bridgehead atoms. The lowest BCUT2D eigenvalue weighted by Crippen LogP contribution is -2.47. The smallest absolute Gasteiger partial charge is 0.308 e. The van der Waals surface area contributed by atoms with Gasteiger partial charge in [-0.2, -0.15) is 0 Å². The number of amides is 2. The van der Waals surface area contributed by atoms with Gasteiger partial charge in [-0.25, -0.2) is 4.98 Å². The average molecular weight is 753 g/mol. The van der Waals surface area contributed by atoms with E-state index < -0.39 is 29.8 Å². The summed E-state index contributed by atoms with van der Waals surface area (Å²) in [4.78, 5) is 74.6. The molecule has 0 radical (unpaired) electrons. The minimum atomic E-state index is -0.788. The number of hydrogen-bond donors (Lipinski definition) is 1. The van der Waals surface area contributed by atoms with E-state index in [0.717, 1.165) is 49.8 Å². The van der Waals surface area contributed by atoms with E-state index in [0.29, 0.717) is 30.2 Å². The Balaban J connectivity index is 1.50. The Morgan fingerprint density at radius 3 is 2.34 bits per heavy atom. The van der Waals surface area contributed by atoms with Crippen molar-refractivity contribution < 1.29 is 33.4 Å². The number of ketones is 1. The van der Waals surface area contributed by atoms with Crippen LogP contribution >= 0.6 is 11.3 Å². The van der Waals surface area contributed by atoms with Crippen molar-refractivity contribution in [1.29, 1.82) is 0 Å². The first-order valence-corrected chi connectivity index (χ1v) is 20.1. The lowest BCUT2D eigenvalue weighted by molar-refractivity contribution is -0.149. The quantitative estimate of drug-likeness (QED) is 0.164. The maximum Gasteiger partial charge on any atom is 0.308 e. The van der Waals surface area contributed by atoms with E-state index in [2.05, 4.69) is 15.2 Å². The molecule has 53 heavy (non-hydrogen) atoms. The molecule has 2 aliphatic rings. The van der Waals surface area contributed by atoms with Crippen molar-refractivity contribution in [2.24, 2.45) is 23.7 Å². The van der Waals surface area contributed by atoms with Crippen molar-refractivity contribution in [2.45, 2.75) is 123 Å². The molecule has 12 heteroatoms. The standard InChI is InChI=1S/C41H60N4O7S/c1-25(2)35(45(7)40(49)31(20-29-16-17-29)22-36(47)34-11-9-10-18-44(34)6)23-37(52-28(5)46)39-43-33(24-53-39)38(48)42-32(19-27(4)41(50)51-8)21-30-14-12-26(3)13-15-30/h12-15,24-25,27,29,31-32,34-35,37H,9-11,16-23H2,1-8H3,(H,42,48)/t27-,31+,32+,34+,35+,37+/m0/s1. The molecule has 1 aromatic heterocycles. The molecule has 2 fully saturated rings. The monoisotopic (exact) mass is 752 g/mol. The van der Waals surface area contributed by atoms with Crippen LogP contribution in [0.15, 0.2) is 29.6 Å². The van der Waals surface area contributed by atoms with Gasteiger partial charge in [0.05, 0.1) is 19.1 Å². The number of ether oxygens (including phenoxy) is 2. The zero-order chi connectivity index (χ0) is 38.8. The highest BCUT2D eigenvalue weighted by Crippen LogP contribution is 2.38. The predicted molar refractivity (Wildman–Crippen MR) is 205 cm³/mol. The fraction of sp³-hybridized carbons (Fsp3) is 0.659. The number of hydrogen-bond acceptors (Lipinski definition) is 10. The van der Waals surface area contributed by atoms with Crippen LogP contribution in [0.4, 0.5) is 0 Å². The van der Waals surface area contributed by atoms with Gasteiger partial charge in [-0.15, -0.1) is 11.3 Å². The van der Waals surface area contributed by atoms with Crippen LogP contribution < -0.4 is 5.32 Å². The highest BCUT2D eigenvalue weighted by atomic mass is 32.1. The van der Waals surface area contributed by atoms with Crippen LogP contribution in [0.2, 0.25) is 0 Å². The molecule has 1 saturated carbocycles. The van der Waals surface area contributed by atoms with Gasteiger partial charge in [0.15, 0.2) is 11.9 Å². The Labute approximate surface area is 319 Å². The van der Waals surface area contributed by atoms with E-state index >= 15 is 0 Å². The molecule has 1 aliphatic heterocycles. The first-order chi connectivity index (χ1) is 25.2. The summed E-state index contributed by atoms with van der Waals surface area (Å²) in [6.45, 7) is 10.1. The topological polar surface area (TPSA) is 135 Å². The second-order valence-electron chi connectivity index (χ2n) is 15.7. The highest BCUT2D eigenvalue weighted by molar-refractivity contribution is 7.09. The number of nitrogens with zero attached hydrogens (tertiary/aromatic N) is 3. The van der Waals surface area contributed by atoms with Crippen LogP contribution in [0.5, 0.6) is 0 Å². The summed E-state index contributed by atoms with van der Waals surface area (Å²) in [6, 6.07) is 7.22. The average Bonchev–Trinajstić information content (AvgIpc) is 3.80. The molecule has 0 unspecified atom stereocenters. The van der Waals surface area contributed by atoms with Crippen LogP contribution in [0.3, 0.4) is 0 Å². The van der Waals surface area contributed by atoms with Gasteiger partial charge < -0.3 is 19.7 Å². The number of esters is 2. The molecule has 6 atom stereocenters. The zero-order valence-electron chi connectivity index (χ0n) is 32.9. The minimum absolute atomic E-state index is 0.00539. The molecule has 2 heterocycles. The second kappa shape index (κ2) is 19.6. The number of thiazole rings is 1. The minimum Gasteiger partial charge on any atom is -0.469 e. The SMILES string of the molecule is COC(=O)[C@@H](C)C[C@H](Cc1ccc(C)cc1)NC(=O)c1csc([C@@H](C[C@H](C(C)C)N(C)C(=O)[C@@H](CC(=O)[C@H]2CCCCN2C)CC2CC2)OC(C)=O)n1. The van der Waals surface area contributed by atoms with Gasteiger partial charge in [0, 0.05) is 50.2 Å². The normalized spacial score (nSPS) is 19.1. The lowest BCUT2D eigenvalue weighted by Gasteiger charge is -2.36. The lowest BCUT2D eigenvalue weighted by atomic mass is 9.88. The first kappa shape index (κ1) is 42.1. The number of aryl methyl sites for hydroxylation is 1. The van der Waals surface area contributed by atoms with Gasteiger partial charge in [-0.1, -0.05) is 69.9 Å². The summed E-state index contributed by atoms with van der Waals surface area (Å²) in [7, 11) is 5.14. The fourth-order valence-electron chi connectivity index (χ4n) is 7.56. The van der Waals surface area contributed by atoms with E-state index in [1.165, 1.54) is 25.4 Å². The summed E-state index contributed by atoms with van der Waals surface area (Å²) in [5.41, 5.74) is 2.33. The molecule has 1 aromatic carbocycles. The molecule has 4 rings (SSSR count). The van der Waals surface area contributed by atoms with Gasteiger partial charge in [-0.3, -0.25) is 28.9 Å². The van der Waals surface area contributed by atoms with Gasteiger partial charge >= 0.3 is 11.9 Å². The van der Waals surface area contributed by atoms with E-state index in [1.54, 1.807) is 24.3 Å². The molecule has 2 aromatic rings. The molecule has 2 amide bonds. The summed E-state index contributed by atoms with van der Waals surface area (Å²) in [5.74, 6) is -1.49. The van der Waals surface area contributed by atoms with Gasteiger partial charge in [0.2, 0.25) is 5.91 Å². The van der Waals surface area contributed by atoms with Crippen molar-refractivity contribution in [3.05, 3.63) is 51.5 Å². The molecule has 292 valence electrons. The highest BCUT2D eigenvalue weighted by Gasteiger charge is 2.38. The summed E-state index contributed by atoms with van der Waals surface area (Å²) in [5, 5.41) is 5.18. The summed E-state index contributed by atoms with van der Waals surface area (Å²) in [6.07, 6.45) is 6.46. The van der Waals surface area contributed by atoms with E-state index in [-0.39, 0.29) is 60.2 Å². The molecule has 11 nitrogen and oxygen atoms in total. The van der Waals surface area contributed by atoms with Gasteiger partial charge in [0.1, 0.15) is 10.7 Å². The number of benzene rings is 1. The third kappa shape index (κ3) is 12.5. The Hall–Kier alpha value is -3.64. The zero-order valence-corrected chi connectivity index (χ0v) is 33.7. The molecule has 1 aliphatic carbocycles. The number of methoxy groups -OCH3 is 1. The number of nitrogens with one attached hydrogen (secondary N) is 1. The van der Waals surface area contributed by atoms with Crippen LogP contribution in [0, 0.1) is 30.6 Å². The Morgan fingerprint density at radius 2 is 1.74 bits per heavy atom. The summed E-state index contributed by atoms with van der Waals surface area (Å²) < 4.78 is 10.8. The number of carbonyl (C=O) groups is 5. The molecule has 1 saturated heterocycles. The van der Waals surface area contributed by atoms with Gasteiger partial charge in [-0.05, 0) is 70.0 Å². The third-order valence-corrected chi connectivity index (χ3v) is 11.8. The fourth-order valence-corrected chi connectivity index (χ4v) is 8.40. The predicted octanol–water partition coefficient (Wildman–Crippen LogP) is 6.33. The van der Waals surface area contributed by atoms with Crippen molar-refractivity contribution in [3.8, 4) is 0 Å². The number of Topliss-reactive ketones (excluding diaryl/α,β-unsaturated/α-hetero) is 1. The maximum atomic E-state index is 14.2. The first-order valence-electron chi connectivity index (χ1n) is 19.2. The Morgan fingerprint density at radius 1 is 1.04 bits per heavy atom. The van der Waals surface area contributed by atoms with Crippen molar-refractivity contribution in [1.82, 2.24) is 20.1 Å². The van der Waals surface area contributed by atoms with Crippen molar-refractivity contribution >= 4 is 40.9 Å². The van der Waals surface area contributed by atoms with Crippen molar-refractivity contribution in [3.63, 3.8) is 0 Å². The van der Waals surface area contributed by atoms with Crippen molar-refractivity contribution in [2.75, 3.05) is 27.7 Å². The van der Waals surface area contributed by atoms with Crippen LogP contribution in [0.25, 0.3) is 0 Å². The Bertz CT molecular complexity index is 1560. The van der Waals surface area contributed by atoms with Crippen LogP contribution in [-0.2, 0) is 35.1 Å². The van der Waals surface area contributed by atoms with E-state index in [9.17, 15) is 24.0 Å². The number of carbonyl (C=O) groups excluding carboxylic acids is 5. The molecular formula is C41H60N4O7S. The van der Waals surface area contributed by atoms with E-state index in [4.69, 9.17) is 9.47 Å². The molecular weight excluding hydrogens is 693 g/mol. The van der Waals surface area contributed by atoms with E-state index in [1.807, 2.05) is 52.1 Å². The maximum absolute atomic E-state index is 14.2. The van der Waals surface area contributed by atoms with Gasteiger partial charge in [0.25, 0.3) is 5.91 Å². The summed E-state index contributed by atoms with van der Waals surface area (Å²) >= 11 is 1.23. The molecule has 1 N–H and O–H groups in total. The number of likely N-dealkylation sites (tertiary alicyclic amines) is 1. The Kier molecular flexibility index (Phi) is 15.6. The van der Waals surface area contributed by atoms with Crippen LogP contribution in [0.1, 0.15) is 118 Å². The number of piperidine rings is 1. The number of rotatable bonds is 19. The van der Waals surface area contributed by atoms with Crippen LogP contribution in [-0.4, -0.2) is 90.2 Å². The number of aromatic nitrogens is 1. The second-order valence-corrected chi connectivity index (χ2v) is 16.6. The third-order valence-electron chi connectivity index (χ3n) is 10.8. The number of likely N-dealkylation sites (N-methyl/N-ethyl adjacent to an activating group) is 1.